The molecule has 0 bridgehead atoms. The zero-order valence-corrected chi connectivity index (χ0v) is 11.2. The van der Waals surface area contributed by atoms with E-state index in [9.17, 15) is 4.79 Å². The van der Waals surface area contributed by atoms with Crippen LogP contribution in [0.3, 0.4) is 0 Å². The summed E-state index contributed by atoms with van der Waals surface area (Å²) in [4.78, 5) is 10.8. The Morgan fingerprint density at radius 2 is 2.33 bits per heavy atom. The van der Waals surface area contributed by atoms with E-state index in [1.165, 1.54) is 12.1 Å². The van der Waals surface area contributed by atoms with Crippen LogP contribution in [-0.4, -0.2) is 20.9 Å². The third-order valence-electron chi connectivity index (χ3n) is 2.33. The van der Waals surface area contributed by atoms with Gasteiger partial charge in [-0.15, -0.1) is 0 Å². The summed E-state index contributed by atoms with van der Waals surface area (Å²) in [6.07, 6.45) is 3.58. The monoisotopic (exact) mass is 310 g/mol. The number of carboxylic acid groups (broad SMARTS) is 1. The molecule has 0 aliphatic heterocycles. The summed E-state index contributed by atoms with van der Waals surface area (Å²) in [6, 6.07) is 4.65. The number of ether oxygens (including phenoxy) is 1. The quantitative estimate of drug-likeness (QED) is 0.942. The van der Waals surface area contributed by atoms with Crippen LogP contribution < -0.4 is 4.74 Å². The van der Waals surface area contributed by atoms with E-state index in [2.05, 4.69) is 21.0 Å². The average Bonchev–Trinajstić information content (AvgIpc) is 2.73. The summed E-state index contributed by atoms with van der Waals surface area (Å²) in [5.41, 5.74) is 1.17. The van der Waals surface area contributed by atoms with E-state index >= 15 is 0 Å². The molecule has 0 unspecified atom stereocenters. The molecule has 1 aromatic heterocycles. The van der Waals surface area contributed by atoms with Gasteiger partial charge in [-0.2, -0.15) is 5.10 Å². The van der Waals surface area contributed by atoms with Crippen molar-refractivity contribution in [1.82, 2.24) is 9.78 Å². The number of carboxylic acids is 1. The second kappa shape index (κ2) is 5.22. The van der Waals surface area contributed by atoms with Gasteiger partial charge in [0.05, 0.1) is 16.2 Å². The van der Waals surface area contributed by atoms with Crippen LogP contribution in [0, 0.1) is 0 Å². The van der Waals surface area contributed by atoms with Gasteiger partial charge in [0.15, 0.2) is 0 Å². The standard InChI is InChI=1S/C12H11BrN2O3/c1-15-6-8(5-14-15)7-18-11-3-2-9(12(16)17)4-10(11)13/h2-6H,7H2,1H3,(H,16,17). The maximum Gasteiger partial charge on any atom is 0.335 e. The van der Waals surface area contributed by atoms with E-state index in [1.807, 2.05) is 13.2 Å². The summed E-state index contributed by atoms with van der Waals surface area (Å²) in [5.74, 6) is -0.363. The number of halogens is 1. The van der Waals surface area contributed by atoms with Crippen molar-refractivity contribution in [3.05, 3.63) is 46.2 Å². The Hall–Kier alpha value is -1.82. The van der Waals surface area contributed by atoms with Crippen molar-refractivity contribution in [2.24, 2.45) is 7.05 Å². The minimum Gasteiger partial charge on any atom is -0.488 e. The van der Waals surface area contributed by atoms with Crippen LogP contribution >= 0.6 is 15.9 Å². The molecule has 1 N–H and O–H groups in total. The molecule has 0 atom stereocenters. The highest BCUT2D eigenvalue weighted by molar-refractivity contribution is 9.10. The van der Waals surface area contributed by atoms with Crippen LogP contribution in [0.25, 0.3) is 0 Å². The maximum atomic E-state index is 10.8. The summed E-state index contributed by atoms with van der Waals surface area (Å²) in [6.45, 7) is 0.388. The topological polar surface area (TPSA) is 64.3 Å². The van der Waals surface area contributed by atoms with E-state index in [4.69, 9.17) is 9.84 Å². The predicted octanol–water partition coefficient (Wildman–Crippen LogP) is 2.46. The minimum atomic E-state index is -0.963. The Labute approximate surface area is 112 Å². The van der Waals surface area contributed by atoms with Crippen LogP contribution in [0.1, 0.15) is 15.9 Å². The Balaban J connectivity index is 2.08. The van der Waals surface area contributed by atoms with Crippen molar-refractivity contribution in [2.75, 3.05) is 0 Å². The lowest BCUT2D eigenvalue weighted by Crippen LogP contribution is -1.98. The second-order valence-electron chi connectivity index (χ2n) is 3.76. The highest BCUT2D eigenvalue weighted by Crippen LogP contribution is 2.26. The highest BCUT2D eigenvalue weighted by atomic mass is 79.9. The van der Waals surface area contributed by atoms with Crippen molar-refractivity contribution in [2.45, 2.75) is 6.61 Å². The van der Waals surface area contributed by atoms with Gasteiger partial charge in [0.1, 0.15) is 12.4 Å². The van der Waals surface area contributed by atoms with Gasteiger partial charge in [-0.25, -0.2) is 4.79 Å². The molecule has 0 spiro atoms. The van der Waals surface area contributed by atoms with Gasteiger partial charge in [0.2, 0.25) is 0 Å². The molecular formula is C12H11BrN2O3. The number of aromatic nitrogens is 2. The van der Waals surface area contributed by atoms with E-state index in [1.54, 1.807) is 16.9 Å². The van der Waals surface area contributed by atoms with Gasteiger partial charge in [0, 0.05) is 18.8 Å². The molecule has 0 amide bonds. The molecule has 94 valence electrons. The number of hydrogen-bond acceptors (Lipinski definition) is 3. The van der Waals surface area contributed by atoms with E-state index in [0.29, 0.717) is 16.8 Å². The van der Waals surface area contributed by atoms with Crippen molar-refractivity contribution >= 4 is 21.9 Å². The second-order valence-corrected chi connectivity index (χ2v) is 4.62. The zero-order valence-electron chi connectivity index (χ0n) is 9.63. The molecule has 1 heterocycles. The van der Waals surface area contributed by atoms with E-state index in [-0.39, 0.29) is 5.56 Å². The van der Waals surface area contributed by atoms with E-state index in [0.717, 1.165) is 5.56 Å². The first-order valence-electron chi connectivity index (χ1n) is 5.19. The first kappa shape index (κ1) is 12.6. The number of carbonyl (C=O) groups is 1. The Morgan fingerprint density at radius 3 is 2.89 bits per heavy atom. The molecule has 2 rings (SSSR count). The Bertz CT molecular complexity index is 580. The first-order chi connectivity index (χ1) is 8.56. The lowest BCUT2D eigenvalue weighted by atomic mass is 10.2. The normalized spacial score (nSPS) is 10.3. The molecule has 18 heavy (non-hydrogen) atoms. The first-order valence-corrected chi connectivity index (χ1v) is 5.99. The molecule has 0 aliphatic rings. The molecule has 2 aromatic rings. The number of aryl methyl sites for hydroxylation is 1. The number of rotatable bonds is 4. The third kappa shape index (κ3) is 2.89. The molecule has 0 aliphatic carbocycles. The number of hydrogen-bond donors (Lipinski definition) is 1. The molecule has 1 aromatic carbocycles. The smallest absolute Gasteiger partial charge is 0.335 e. The Morgan fingerprint density at radius 1 is 1.56 bits per heavy atom. The van der Waals surface area contributed by atoms with Crippen LogP contribution in [0.2, 0.25) is 0 Å². The van der Waals surface area contributed by atoms with Gasteiger partial charge >= 0.3 is 5.97 Å². The van der Waals surface area contributed by atoms with Crippen LogP contribution in [0.5, 0.6) is 5.75 Å². The lowest BCUT2D eigenvalue weighted by Gasteiger charge is -2.07. The van der Waals surface area contributed by atoms with Crippen molar-refractivity contribution in [3.8, 4) is 5.75 Å². The number of aromatic carboxylic acids is 1. The SMILES string of the molecule is Cn1cc(COc2ccc(C(=O)O)cc2Br)cn1. The molecule has 0 saturated carbocycles. The van der Waals surface area contributed by atoms with Gasteiger partial charge in [-0.05, 0) is 34.1 Å². The maximum absolute atomic E-state index is 10.8. The summed E-state index contributed by atoms with van der Waals surface area (Å²) in [7, 11) is 1.83. The fraction of sp³-hybridized carbons (Fsp3) is 0.167. The summed E-state index contributed by atoms with van der Waals surface area (Å²) in [5, 5.41) is 12.9. The summed E-state index contributed by atoms with van der Waals surface area (Å²) >= 11 is 3.29. The fourth-order valence-electron chi connectivity index (χ4n) is 1.46. The number of benzene rings is 1. The van der Waals surface area contributed by atoms with Crippen molar-refractivity contribution < 1.29 is 14.6 Å². The predicted molar refractivity (Wildman–Crippen MR) is 68.6 cm³/mol. The van der Waals surface area contributed by atoms with Gasteiger partial charge in [-0.1, -0.05) is 0 Å². The number of nitrogens with zero attached hydrogens (tertiary/aromatic N) is 2. The van der Waals surface area contributed by atoms with Gasteiger partial charge < -0.3 is 9.84 Å². The fourth-order valence-corrected chi connectivity index (χ4v) is 1.95. The van der Waals surface area contributed by atoms with Crippen LogP contribution in [-0.2, 0) is 13.7 Å². The molecule has 0 fully saturated rings. The van der Waals surface area contributed by atoms with Crippen molar-refractivity contribution in [3.63, 3.8) is 0 Å². The highest BCUT2D eigenvalue weighted by Gasteiger charge is 2.08. The molecule has 0 radical (unpaired) electrons. The summed E-state index contributed by atoms with van der Waals surface area (Å²) < 4.78 is 7.89. The molecule has 5 nitrogen and oxygen atoms in total. The van der Waals surface area contributed by atoms with Gasteiger partial charge in [0.25, 0.3) is 0 Å². The van der Waals surface area contributed by atoms with E-state index < -0.39 is 5.97 Å². The minimum absolute atomic E-state index is 0.218. The molecule has 6 heteroatoms. The van der Waals surface area contributed by atoms with Crippen LogP contribution in [0.4, 0.5) is 0 Å². The average molecular weight is 311 g/mol. The largest absolute Gasteiger partial charge is 0.488 e. The zero-order chi connectivity index (χ0) is 13.1. The Kier molecular flexibility index (Phi) is 3.66. The van der Waals surface area contributed by atoms with Gasteiger partial charge in [-0.3, -0.25) is 4.68 Å². The lowest BCUT2D eigenvalue weighted by molar-refractivity contribution is 0.0696. The molecular weight excluding hydrogens is 300 g/mol. The molecule has 0 saturated heterocycles. The third-order valence-corrected chi connectivity index (χ3v) is 2.95. The van der Waals surface area contributed by atoms with Crippen molar-refractivity contribution in [1.29, 1.82) is 0 Å². The van der Waals surface area contributed by atoms with Crippen LogP contribution in [0.15, 0.2) is 35.1 Å².